The zero-order valence-electron chi connectivity index (χ0n) is 16.8. The van der Waals surface area contributed by atoms with Crippen molar-refractivity contribution in [1.82, 2.24) is 15.0 Å². The minimum absolute atomic E-state index is 0.0986. The van der Waals surface area contributed by atoms with E-state index in [2.05, 4.69) is 20.3 Å². The lowest BCUT2D eigenvalue weighted by atomic mass is 10.2. The topological polar surface area (TPSA) is 80.2 Å². The Hall–Kier alpha value is -3.72. The van der Waals surface area contributed by atoms with Crippen LogP contribution in [0, 0.1) is 0 Å². The number of nitrogens with one attached hydrogen (secondary N) is 1. The molecule has 9 heteroatoms. The van der Waals surface area contributed by atoms with Crippen molar-refractivity contribution in [1.29, 1.82) is 0 Å². The molecule has 1 unspecified atom stereocenters. The maximum atomic E-state index is 12.6. The number of benzene rings is 2. The van der Waals surface area contributed by atoms with Gasteiger partial charge in [-0.05, 0) is 48.5 Å². The lowest BCUT2D eigenvalue weighted by Crippen LogP contribution is -2.26. The van der Waals surface area contributed by atoms with E-state index in [4.69, 9.17) is 4.74 Å². The van der Waals surface area contributed by atoms with Crippen molar-refractivity contribution in [2.75, 3.05) is 18.5 Å². The van der Waals surface area contributed by atoms with Gasteiger partial charge in [-0.25, -0.2) is 9.97 Å². The molecule has 0 bridgehead atoms. The number of aliphatic hydroxyl groups excluding tert-OH is 1. The van der Waals surface area contributed by atoms with Crippen molar-refractivity contribution in [3.05, 3.63) is 78.6 Å². The number of anilines is 1. The summed E-state index contributed by atoms with van der Waals surface area (Å²) in [5.74, 6) is 1.31. The van der Waals surface area contributed by atoms with Crippen molar-refractivity contribution in [2.24, 2.45) is 0 Å². The van der Waals surface area contributed by atoms with Crippen molar-refractivity contribution in [2.45, 2.75) is 12.3 Å². The van der Waals surface area contributed by atoms with Gasteiger partial charge in [0.25, 0.3) is 0 Å². The molecule has 6 nitrogen and oxygen atoms in total. The number of aliphatic hydroxyl groups is 1. The fourth-order valence-electron chi connectivity index (χ4n) is 3.05. The van der Waals surface area contributed by atoms with Crippen LogP contribution in [-0.2, 0) is 6.18 Å². The molecule has 2 heterocycles. The van der Waals surface area contributed by atoms with Gasteiger partial charge in [0.05, 0.1) is 11.1 Å². The molecule has 0 aliphatic rings. The third kappa shape index (κ3) is 5.12. The summed E-state index contributed by atoms with van der Waals surface area (Å²) in [4.78, 5) is 13.2. The van der Waals surface area contributed by atoms with Gasteiger partial charge in [-0.2, -0.15) is 13.2 Å². The highest BCUT2D eigenvalue weighted by molar-refractivity contribution is 5.90. The molecule has 2 aromatic heterocycles. The molecule has 0 spiro atoms. The van der Waals surface area contributed by atoms with Gasteiger partial charge in [0.15, 0.2) is 5.82 Å². The number of aromatic nitrogens is 3. The van der Waals surface area contributed by atoms with Gasteiger partial charge in [-0.3, -0.25) is 4.98 Å². The van der Waals surface area contributed by atoms with Gasteiger partial charge in [0.1, 0.15) is 24.3 Å². The third-order valence-electron chi connectivity index (χ3n) is 4.67. The molecule has 1 atom stereocenters. The zero-order valence-corrected chi connectivity index (χ0v) is 16.8. The van der Waals surface area contributed by atoms with Gasteiger partial charge >= 0.3 is 6.18 Å². The molecule has 2 N–H and O–H groups in total. The summed E-state index contributed by atoms with van der Waals surface area (Å²) in [6.07, 6.45) is -2.01. The molecule has 164 valence electrons. The largest absolute Gasteiger partial charge is 0.491 e. The van der Waals surface area contributed by atoms with Crippen LogP contribution in [0.2, 0.25) is 0 Å². The van der Waals surface area contributed by atoms with Crippen LogP contribution in [0.1, 0.15) is 5.56 Å². The van der Waals surface area contributed by atoms with Crippen LogP contribution < -0.4 is 10.1 Å². The second kappa shape index (κ2) is 9.19. The predicted octanol–water partition coefficient (Wildman–Crippen LogP) is 4.56. The van der Waals surface area contributed by atoms with Gasteiger partial charge in [-0.15, -0.1) is 0 Å². The van der Waals surface area contributed by atoms with E-state index in [9.17, 15) is 18.3 Å². The standard InChI is InChI=1S/C23H19F3N4O2/c24-23(25,26)16-5-7-18(8-6-16)32-14-17(31)13-28-22-19-3-1-2-4-20(19)29-21(30-22)15-9-11-27-12-10-15/h1-12,17,31H,13-14H2,(H,28,29,30). The van der Waals surface area contributed by atoms with Crippen LogP contribution >= 0.6 is 0 Å². The first-order valence-electron chi connectivity index (χ1n) is 9.79. The van der Waals surface area contributed by atoms with E-state index in [-0.39, 0.29) is 18.9 Å². The van der Waals surface area contributed by atoms with Crippen molar-refractivity contribution < 1.29 is 23.0 Å². The third-order valence-corrected chi connectivity index (χ3v) is 4.67. The first-order chi connectivity index (χ1) is 15.4. The summed E-state index contributed by atoms with van der Waals surface area (Å²) in [5.41, 5.74) is 0.792. The first kappa shape index (κ1) is 21.5. The van der Waals surface area contributed by atoms with Crippen LogP contribution in [-0.4, -0.2) is 39.3 Å². The number of alkyl halides is 3. The molecular formula is C23H19F3N4O2. The number of rotatable bonds is 7. The molecular weight excluding hydrogens is 421 g/mol. The van der Waals surface area contributed by atoms with Gasteiger partial charge in [0.2, 0.25) is 0 Å². The van der Waals surface area contributed by atoms with Crippen LogP contribution in [0.3, 0.4) is 0 Å². The summed E-state index contributed by atoms with van der Waals surface area (Å²) >= 11 is 0. The van der Waals surface area contributed by atoms with Gasteiger partial charge in [0, 0.05) is 29.9 Å². The lowest BCUT2D eigenvalue weighted by Gasteiger charge is -2.16. The monoisotopic (exact) mass is 440 g/mol. The van der Waals surface area contributed by atoms with Crippen LogP contribution in [0.4, 0.5) is 19.0 Å². The van der Waals surface area contributed by atoms with E-state index >= 15 is 0 Å². The molecule has 4 rings (SSSR count). The molecule has 0 fully saturated rings. The molecule has 2 aromatic carbocycles. The number of nitrogens with zero attached hydrogens (tertiary/aromatic N) is 3. The van der Waals surface area contributed by atoms with Crippen LogP contribution in [0.25, 0.3) is 22.3 Å². The van der Waals surface area contributed by atoms with E-state index in [0.29, 0.717) is 11.6 Å². The normalized spacial score (nSPS) is 12.5. The summed E-state index contributed by atoms with van der Waals surface area (Å²) in [6, 6.07) is 15.4. The maximum absolute atomic E-state index is 12.6. The van der Waals surface area contributed by atoms with Crippen LogP contribution in [0.5, 0.6) is 5.75 Å². The highest BCUT2D eigenvalue weighted by Crippen LogP contribution is 2.30. The quantitative estimate of drug-likeness (QED) is 0.439. The average Bonchev–Trinajstić information content (AvgIpc) is 2.81. The molecule has 0 radical (unpaired) electrons. The summed E-state index contributed by atoms with van der Waals surface area (Å²) < 4.78 is 43.3. The summed E-state index contributed by atoms with van der Waals surface area (Å²) in [5, 5.41) is 14.2. The van der Waals surface area contributed by atoms with Crippen molar-refractivity contribution >= 4 is 16.7 Å². The summed E-state index contributed by atoms with van der Waals surface area (Å²) in [7, 11) is 0. The SMILES string of the molecule is OC(CNc1nc(-c2ccncc2)nc2ccccc12)COc1ccc(C(F)(F)F)cc1. The van der Waals surface area contributed by atoms with E-state index in [1.807, 2.05) is 24.3 Å². The lowest BCUT2D eigenvalue weighted by molar-refractivity contribution is -0.137. The maximum Gasteiger partial charge on any atom is 0.416 e. The number of para-hydroxylation sites is 1. The Morgan fingerprint density at radius 2 is 1.66 bits per heavy atom. The Kier molecular flexibility index (Phi) is 6.18. The fourth-order valence-corrected chi connectivity index (χ4v) is 3.05. The number of halogens is 3. The van der Waals surface area contributed by atoms with E-state index < -0.39 is 17.8 Å². The average molecular weight is 440 g/mol. The second-order valence-corrected chi connectivity index (χ2v) is 7.02. The van der Waals surface area contributed by atoms with E-state index in [0.717, 1.165) is 28.6 Å². The number of hydrogen-bond acceptors (Lipinski definition) is 6. The van der Waals surface area contributed by atoms with Gasteiger partial charge in [-0.1, -0.05) is 12.1 Å². The highest BCUT2D eigenvalue weighted by Gasteiger charge is 2.30. The Morgan fingerprint density at radius 3 is 2.38 bits per heavy atom. The number of hydrogen-bond donors (Lipinski definition) is 2. The first-order valence-corrected chi connectivity index (χ1v) is 9.79. The fraction of sp³-hybridized carbons (Fsp3) is 0.174. The Labute approximate surface area is 181 Å². The Morgan fingerprint density at radius 1 is 0.938 bits per heavy atom. The molecule has 0 saturated heterocycles. The summed E-state index contributed by atoms with van der Waals surface area (Å²) in [6.45, 7) is 0.0238. The molecule has 4 aromatic rings. The minimum Gasteiger partial charge on any atom is -0.491 e. The molecule has 0 aliphatic carbocycles. The molecule has 0 saturated carbocycles. The van der Waals surface area contributed by atoms with Crippen molar-refractivity contribution in [3.63, 3.8) is 0 Å². The van der Waals surface area contributed by atoms with E-state index in [1.54, 1.807) is 24.5 Å². The van der Waals surface area contributed by atoms with E-state index in [1.165, 1.54) is 12.1 Å². The Balaban J connectivity index is 1.43. The molecule has 32 heavy (non-hydrogen) atoms. The predicted molar refractivity (Wildman–Crippen MR) is 114 cm³/mol. The highest BCUT2D eigenvalue weighted by atomic mass is 19.4. The Bertz CT molecular complexity index is 1190. The number of ether oxygens (including phenoxy) is 1. The molecule has 0 aliphatic heterocycles. The number of fused-ring (bicyclic) bond motifs is 1. The second-order valence-electron chi connectivity index (χ2n) is 7.02. The van der Waals surface area contributed by atoms with Crippen LogP contribution in [0.15, 0.2) is 73.1 Å². The smallest absolute Gasteiger partial charge is 0.416 e. The minimum atomic E-state index is -4.41. The molecule has 0 amide bonds. The van der Waals surface area contributed by atoms with Gasteiger partial charge < -0.3 is 15.2 Å². The number of pyridine rings is 1. The zero-order chi connectivity index (χ0) is 22.6. The van der Waals surface area contributed by atoms with Crippen molar-refractivity contribution in [3.8, 4) is 17.1 Å².